The number of rotatable bonds is 1. The molecule has 1 nitrogen and oxygen atoms in total. The van der Waals surface area contributed by atoms with Crippen molar-refractivity contribution in [3.8, 4) is 12.3 Å². The first-order valence-corrected chi connectivity index (χ1v) is 4.38. The SMILES string of the molecule is C#CC1(C2CCOC2C)CC1. The van der Waals surface area contributed by atoms with Crippen LogP contribution in [0.5, 0.6) is 0 Å². The summed E-state index contributed by atoms with van der Waals surface area (Å²) < 4.78 is 5.50. The topological polar surface area (TPSA) is 9.23 Å². The van der Waals surface area contributed by atoms with Crippen molar-refractivity contribution < 1.29 is 4.74 Å². The Hall–Kier alpha value is -0.480. The molecule has 11 heavy (non-hydrogen) atoms. The van der Waals surface area contributed by atoms with Crippen molar-refractivity contribution in [1.29, 1.82) is 0 Å². The Morgan fingerprint density at radius 2 is 2.27 bits per heavy atom. The zero-order chi connectivity index (χ0) is 7.90. The van der Waals surface area contributed by atoms with Crippen LogP contribution in [0.1, 0.15) is 26.2 Å². The molecule has 2 rings (SSSR count). The molecule has 0 spiro atoms. The van der Waals surface area contributed by atoms with Crippen LogP contribution < -0.4 is 0 Å². The Balaban J connectivity index is 2.10. The highest BCUT2D eigenvalue weighted by molar-refractivity contribution is 5.19. The summed E-state index contributed by atoms with van der Waals surface area (Å²) in [6.07, 6.45) is 9.52. The van der Waals surface area contributed by atoms with Crippen molar-refractivity contribution in [2.45, 2.75) is 32.3 Å². The standard InChI is InChI=1S/C10H14O/c1-3-10(5-6-10)9-4-7-11-8(9)2/h1,8-9H,4-7H2,2H3. The summed E-state index contributed by atoms with van der Waals surface area (Å²) in [6.45, 7) is 3.06. The van der Waals surface area contributed by atoms with Crippen LogP contribution >= 0.6 is 0 Å². The van der Waals surface area contributed by atoms with E-state index < -0.39 is 0 Å². The lowest BCUT2D eigenvalue weighted by Gasteiger charge is -2.19. The van der Waals surface area contributed by atoms with Gasteiger partial charge in [0.2, 0.25) is 0 Å². The van der Waals surface area contributed by atoms with Crippen molar-refractivity contribution in [3.63, 3.8) is 0 Å². The van der Waals surface area contributed by atoms with Gasteiger partial charge in [0.15, 0.2) is 0 Å². The van der Waals surface area contributed by atoms with E-state index in [-0.39, 0.29) is 5.41 Å². The van der Waals surface area contributed by atoms with Crippen LogP contribution in [0.15, 0.2) is 0 Å². The zero-order valence-corrected chi connectivity index (χ0v) is 6.97. The smallest absolute Gasteiger partial charge is 0.0590 e. The monoisotopic (exact) mass is 150 g/mol. The molecule has 0 amide bonds. The van der Waals surface area contributed by atoms with E-state index in [0.29, 0.717) is 12.0 Å². The van der Waals surface area contributed by atoms with Gasteiger partial charge in [-0.05, 0) is 26.2 Å². The molecular formula is C10H14O. The number of ether oxygens (including phenoxy) is 1. The Morgan fingerprint density at radius 3 is 2.64 bits per heavy atom. The van der Waals surface area contributed by atoms with E-state index in [4.69, 9.17) is 11.2 Å². The molecule has 1 heterocycles. The van der Waals surface area contributed by atoms with Crippen molar-refractivity contribution in [1.82, 2.24) is 0 Å². The van der Waals surface area contributed by atoms with Crippen LogP contribution in [0.3, 0.4) is 0 Å². The molecule has 0 aromatic heterocycles. The Bertz CT molecular complexity index is 197. The Kier molecular flexibility index (Phi) is 1.47. The fraction of sp³-hybridized carbons (Fsp3) is 0.800. The molecule has 2 fully saturated rings. The van der Waals surface area contributed by atoms with Gasteiger partial charge in [0.1, 0.15) is 0 Å². The van der Waals surface area contributed by atoms with Crippen LogP contribution in [-0.2, 0) is 4.74 Å². The first-order chi connectivity index (χ1) is 5.28. The van der Waals surface area contributed by atoms with Crippen molar-refractivity contribution >= 4 is 0 Å². The van der Waals surface area contributed by atoms with Gasteiger partial charge in [-0.2, -0.15) is 0 Å². The lowest BCUT2D eigenvalue weighted by atomic mass is 9.85. The van der Waals surface area contributed by atoms with Gasteiger partial charge < -0.3 is 4.74 Å². The maximum atomic E-state index is 5.51. The van der Waals surface area contributed by atoms with Crippen LogP contribution in [0.25, 0.3) is 0 Å². The molecule has 1 saturated heterocycles. The zero-order valence-electron chi connectivity index (χ0n) is 6.97. The molecule has 2 atom stereocenters. The summed E-state index contributed by atoms with van der Waals surface area (Å²) in [6, 6.07) is 0. The lowest BCUT2D eigenvalue weighted by Crippen LogP contribution is -2.21. The molecule has 1 aliphatic carbocycles. The summed E-state index contributed by atoms with van der Waals surface area (Å²) in [7, 11) is 0. The summed E-state index contributed by atoms with van der Waals surface area (Å²) in [5.74, 6) is 3.59. The predicted molar refractivity (Wildman–Crippen MR) is 44.0 cm³/mol. The minimum absolute atomic E-state index is 0.246. The molecule has 2 unspecified atom stereocenters. The molecule has 0 aromatic rings. The molecule has 0 aromatic carbocycles. The van der Waals surface area contributed by atoms with Crippen molar-refractivity contribution in [2.24, 2.45) is 11.3 Å². The van der Waals surface area contributed by atoms with E-state index in [0.717, 1.165) is 6.61 Å². The maximum Gasteiger partial charge on any atom is 0.0590 e. The van der Waals surface area contributed by atoms with Gasteiger partial charge in [0.05, 0.1) is 6.10 Å². The second-order valence-electron chi connectivity index (χ2n) is 3.77. The summed E-state index contributed by atoms with van der Waals surface area (Å²) in [5.41, 5.74) is 0.246. The van der Waals surface area contributed by atoms with Gasteiger partial charge in [0, 0.05) is 17.9 Å². The highest BCUT2D eigenvalue weighted by Gasteiger charge is 2.51. The highest BCUT2D eigenvalue weighted by Crippen LogP contribution is 2.55. The fourth-order valence-electron chi connectivity index (χ4n) is 2.21. The van der Waals surface area contributed by atoms with Gasteiger partial charge in [-0.3, -0.25) is 0 Å². The summed E-state index contributed by atoms with van der Waals surface area (Å²) in [5, 5.41) is 0. The highest BCUT2D eigenvalue weighted by atomic mass is 16.5. The molecule has 1 aliphatic heterocycles. The van der Waals surface area contributed by atoms with Crippen LogP contribution in [0, 0.1) is 23.7 Å². The number of hydrogen-bond donors (Lipinski definition) is 0. The van der Waals surface area contributed by atoms with Gasteiger partial charge in [0.25, 0.3) is 0 Å². The number of terminal acetylenes is 1. The van der Waals surface area contributed by atoms with Crippen LogP contribution in [-0.4, -0.2) is 12.7 Å². The molecule has 0 N–H and O–H groups in total. The van der Waals surface area contributed by atoms with Crippen LogP contribution in [0.4, 0.5) is 0 Å². The average Bonchev–Trinajstić information content (AvgIpc) is 2.70. The largest absolute Gasteiger partial charge is 0.378 e. The van der Waals surface area contributed by atoms with Gasteiger partial charge in [-0.25, -0.2) is 0 Å². The predicted octanol–water partition coefficient (Wildman–Crippen LogP) is 1.82. The van der Waals surface area contributed by atoms with E-state index in [9.17, 15) is 0 Å². The third-order valence-corrected chi connectivity index (χ3v) is 3.16. The van der Waals surface area contributed by atoms with Gasteiger partial charge >= 0.3 is 0 Å². The van der Waals surface area contributed by atoms with Gasteiger partial charge in [-0.1, -0.05) is 5.92 Å². The minimum atomic E-state index is 0.246. The van der Waals surface area contributed by atoms with E-state index >= 15 is 0 Å². The molecule has 60 valence electrons. The van der Waals surface area contributed by atoms with E-state index in [2.05, 4.69) is 12.8 Å². The molecule has 0 radical (unpaired) electrons. The number of hydrogen-bond acceptors (Lipinski definition) is 1. The molecule has 0 bridgehead atoms. The minimum Gasteiger partial charge on any atom is -0.378 e. The van der Waals surface area contributed by atoms with Crippen molar-refractivity contribution in [2.75, 3.05) is 6.61 Å². The summed E-state index contributed by atoms with van der Waals surface area (Å²) >= 11 is 0. The quantitative estimate of drug-likeness (QED) is 0.518. The first-order valence-electron chi connectivity index (χ1n) is 4.38. The Labute approximate surface area is 68.1 Å². The third kappa shape index (κ3) is 0.973. The second kappa shape index (κ2) is 2.25. The van der Waals surface area contributed by atoms with Crippen LogP contribution in [0.2, 0.25) is 0 Å². The van der Waals surface area contributed by atoms with E-state index in [1.165, 1.54) is 19.3 Å². The molecule has 1 heteroatoms. The molecule has 2 aliphatic rings. The molecular weight excluding hydrogens is 136 g/mol. The summed E-state index contributed by atoms with van der Waals surface area (Å²) in [4.78, 5) is 0. The second-order valence-corrected chi connectivity index (χ2v) is 3.77. The third-order valence-electron chi connectivity index (χ3n) is 3.16. The average molecular weight is 150 g/mol. The maximum absolute atomic E-state index is 5.51. The molecule has 1 saturated carbocycles. The Morgan fingerprint density at radius 1 is 1.55 bits per heavy atom. The van der Waals surface area contributed by atoms with E-state index in [1.54, 1.807) is 0 Å². The first kappa shape index (κ1) is 7.18. The van der Waals surface area contributed by atoms with E-state index in [1.807, 2.05) is 0 Å². The lowest BCUT2D eigenvalue weighted by molar-refractivity contribution is 0.0938. The van der Waals surface area contributed by atoms with Gasteiger partial charge in [-0.15, -0.1) is 6.42 Å². The van der Waals surface area contributed by atoms with Crippen molar-refractivity contribution in [3.05, 3.63) is 0 Å². The fourth-order valence-corrected chi connectivity index (χ4v) is 2.21. The normalized spacial score (nSPS) is 40.0.